The van der Waals surface area contributed by atoms with E-state index in [1.165, 1.54) is 25.6 Å². The van der Waals surface area contributed by atoms with Crippen molar-refractivity contribution in [1.82, 2.24) is 10.3 Å². The van der Waals surface area contributed by atoms with Crippen LogP contribution in [0.2, 0.25) is 0 Å². The van der Waals surface area contributed by atoms with E-state index >= 15 is 0 Å². The molecule has 0 bridgehead atoms. The molecule has 0 saturated carbocycles. The molecule has 0 atom stereocenters. The van der Waals surface area contributed by atoms with Crippen LogP contribution < -0.4 is 5.32 Å². The first kappa shape index (κ1) is 11.4. The summed E-state index contributed by atoms with van der Waals surface area (Å²) in [6.45, 7) is 2.05. The van der Waals surface area contributed by atoms with Crippen molar-refractivity contribution in [2.45, 2.75) is 19.4 Å². The van der Waals surface area contributed by atoms with Crippen LogP contribution in [0.3, 0.4) is 0 Å². The van der Waals surface area contributed by atoms with Crippen LogP contribution in [0, 0.1) is 0 Å². The molecule has 4 heteroatoms. The van der Waals surface area contributed by atoms with Crippen molar-refractivity contribution in [2.75, 3.05) is 6.54 Å². The lowest BCUT2D eigenvalue weighted by molar-refractivity contribution is 0.643. The average molecular weight is 309 g/mol. The van der Waals surface area contributed by atoms with E-state index < -0.39 is 0 Å². The highest BCUT2D eigenvalue weighted by Gasteiger charge is 2.15. The molecule has 2 aromatic rings. The van der Waals surface area contributed by atoms with Crippen molar-refractivity contribution in [3.63, 3.8) is 0 Å². The minimum atomic E-state index is 0.930. The number of benzene rings is 1. The minimum Gasteiger partial charge on any atom is -0.311 e. The smallest absolute Gasteiger partial charge is 0.0975 e. The summed E-state index contributed by atoms with van der Waals surface area (Å²) in [6, 6.07) is 8.37. The van der Waals surface area contributed by atoms with Gasteiger partial charge in [-0.05, 0) is 11.6 Å². The Morgan fingerprint density at radius 2 is 2.24 bits per heavy atom. The third kappa shape index (κ3) is 2.44. The number of rotatable bonds is 2. The molecule has 1 aromatic carbocycles. The van der Waals surface area contributed by atoms with E-state index in [0.29, 0.717) is 0 Å². The highest BCUT2D eigenvalue weighted by Crippen LogP contribution is 2.26. The highest BCUT2D eigenvalue weighted by atomic mass is 79.9. The maximum Gasteiger partial charge on any atom is 0.0975 e. The number of hydrogen-bond donors (Lipinski definition) is 1. The molecule has 2 heterocycles. The summed E-state index contributed by atoms with van der Waals surface area (Å²) in [6.07, 6.45) is 2.00. The zero-order valence-corrected chi connectivity index (χ0v) is 11.8. The van der Waals surface area contributed by atoms with Gasteiger partial charge in [0.1, 0.15) is 0 Å². The molecule has 1 aliphatic heterocycles. The Morgan fingerprint density at radius 1 is 1.35 bits per heavy atom. The van der Waals surface area contributed by atoms with Gasteiger partial charge in [-0.15, -0.1) is 11.3 Å². The molecule has 1 aromatic heterocycles. The Balaban J connectivity index is 1.86. The van der Waals surface area contributed by atoms with E-state index in [1.54, 1.807) is 0 Å². The van der Waals surface area contributed by atoms with Gasteiger partial charge in [0.25, 0.3) is 0 Å². The number of aromatic nitrogens is 1. The van der Waals surface area contributed by atoms with Gasteiger partial charge in [-0.1, -0.05) is 34.1 Å². The molecule has 3 rings (SSSR count). The maximum atomic E-state index is 4.74. The van der Waals surface area contributed by atoms with Crippen LogP contribution in [0.25, 0.3) is 0 Å². The molecule has 0 aliphatic carbocycles. The number of nitrogens with one attached hydrogen (secondary N) is 1. The van der Waals surface area contributed by atoms with E-state index in [4.69, 9.17) is 4.98 Å². The normalized spacial score (nSPS) is 14.6. The summed E-state index contributed by atoms with van der Waals surface area (Å²) in [4.78, 5) is 6.16. The molecule has 0 radical (unpaired) electrons. The predicted octanol–water partition coefficient (Wildman–Crippen LogP) is 3.14. The summed E-state index contributed by atoms with van der Waals surface area (Å²) in [5.74, 6) is 0. The van der Waals surface area contributed by atoms with E-state index in [9.17, 15) is 0 Å². The first-order valence-corrected chi connectivity index (χ1v) is 7.35. The molecule has 0 fully saturated rings. The summed E-state index contributed by atoms with van der Waals surface area (Å²) < 4.78 is 1.17. The standard InChI is InChI=1S/C13H13BrN2S/c14-10-4-2-1-3-9(10)7-13-16-11-5-6-15-8-12(11)17-13/h1-4,15H,5-8H2. The minimum absolute atomic E-state index is 0.930. The number of thiazole rings is 1. The SMILES string of the molecule is Brc1ccccc1Cc1nc2c(s1)CNCC2. The van der Waals surface area contributed by atoms with Crippen molar-refractivity contribution in [2.24, 2.45) is 0 Å². The van der Waals surface area contributed by atoms with Gasteiger partial charge >= 0.3 is 0 Å². The van der Waals surface area contributed by atoms with E-state index in [0.717, 1.165) is 25.9 Å². The van der Waals surface area contributed by atoms with Crippen LogP contribution in [-0.4, -0.2) is 11.5 Å². The van der Waals surface area contributed by atoms with Gasteiger partial charge in [0.15, 0.2) is 0 Å². The lowest BCUT2D eigenvalue weighted by Gasteiger charge is -2.09. The zero-order chi connectivity index (χ0) is 11.7. The molecule has 0 spiro atoms. The molecule has 2 nitrogen and oxygen atoms in total. The van der Waals surface area contributed by atoms with Crippen LogP contribution in [0.15, 0.2) is 28.7 Å². The Bertz CT molecular complexity index is 512. The lowest BCUT2D eigenvalue weighted by Crippen LogP contribution is -2.22. The van der Waals surface area contributed by atoms with E-state index in [2.05, 4.69) is 39.4 Å². The van der Waals surface area contributed by atoms with Crippen molar-refractivity contribution in [3.8, 4) is 0 Å². The third-order valence-corrected chi connectivity index (χ3v) is 4.82. The van der Waals surface area contributed by atoms with Gasteiger partial charge in [0.05, 0.1) is 10.7 Å². The van der Waals surface area contributed by atoms with Gasteiger partial charge in [0, 0.05) is 35.3 Å². The van der Waals surface area contributed by atoms with E-state index in [-0.39, 0.29) is 0 Å². The molecular weight excluding hydrogens is 296 g/mol. The van der Waals surface area contributed by atoms with Crippen molar-refractivity contribution in [3.05, 3.63) is 49.9 Å². The van der Waals surface area contributed by atoms with Gasteiger partial charge < -0.3 is 5.32 Å². The Labute approximate surface area is 113 Å². The number of hydrogen-bond acceptors (Lipinski definition) is 3. The van der Waals surface area contributed by atoms with Gasteiger partial charge in [0.2, 0.25) is 0 Å². The first-order valence-electron chi connectivity index (χ1n) is 5.74. The largest absolute Gasteiger partial charge is 0.311 e. The van der Waals surface area contributed by atoms with Crippen LogP contribution >= 0.6 is 27.3 Å². The third-order valence-electron chi connectivity index (χ3n) is 2.95. The van der Waals surface area contributed by atoms with E-state index in [1.807, 2.05) is 17.4 Å². The molecule has 0 saturated heterocycles. The molecule has 88 valence electrons. The number of fused-ring (bicyclic) bond motifs is 1. The molecule has 1 N–H and O–H groups in total. The fraction of sp³-hybridized carbons (Fsp3) is 0.308. The van der Waals surface area contributed by atoms with Crippen molar-refractivity contribution >= 4 is 27.3 Å². The molecule has 0 unspecified atom stereocenters. The predicted molar refractivity (Wildman–Crippen MR) is 74.5 cm³/mol. The number of halogens is 1. The summed E-state index contributed by atoms with van der Waals surface area (Å²) in [5.41, 5.74) is 2.61. The van der Waals surface area contributed by atoms with Gasteiger partial charge in [-0.25, -0.2) is 4.98 Å². The highest BCUT2D eigenvalue weighted by molar-refractivity contribution is 9.10. The lowest BCUT2D eigenvalue weighted by atomic mass is 10.1. The summed E-state index contributed by atoms with van der Waals surface area (Å²) >= 11 is 5.43. The second-order valence-corrected chi connectivity index (χ2v) is 6.19. The fourth-order valence-electron chi connectivity index (χ4n) is 2.06. The van der Waals surface area contributed by atoms with Crippen molar-refractivity contribution in [1.29, 1.82) is 0 Å². The zero-order valence-electron chi connectivity index (χ0n) is 9.37. The van der Waals surface area contributed by atoms with Gasteiger partial charge in [-0.3, -0.25) is 0 Å². The Kier molecular flexibility index (Phi) is 3.27. The maximum absolute atomic E-state index is 4.74. The monoisotopic (exact) mass is 308 g/mol. The van der Waals surface area contributed by atoms with Crippen LogP contribution in [0.1, 0.15) is 21.1 Å². The first-order chi connectivity index (χ1) is 8.33. The second kappa shape index (κ2) is 4.88. The van der Waals surface area contributed by atoms with Crippen LogP contribution in [0.5, 0.6) is 0 Å². The van der Waals surface area contributed by atoms with Gasteiger partial charge in [-0.2, -0.15) is 0 Å². The summed E-state index contributed by atoms with van der Waals surface area (Å²) in [5, 5.41) is 4.62. The number of nitrogens with zero attached hydrogens (tertiary/aromatic N) is 1. The van der Waals surface area contributed by atoms with Crippen molar-refractivity contribution < 1.29 is 0 Å². The molecule has 0 amide bonds. The molecular formula is C13H13BrN2S. The molecule has 1 aliphatic rings. The second-order valence-electron chi connectivity index (χ2n) is 4.17. The quantitative estimate of drug-likeness (QED) is 0.922. The average Bonchev–Trinajstić information content (AvgIpc) is 2.74. The molecule has 17 heavy (non-hydrogen) atoms. The fourth-order valence-corrected chi connectivity index (χ4v) is 3.59. The summed E-state index contributed by atoms with van der Waals surface area (Å²) in [7, 11) is 0. The van der Waals surface area contributed by atoms with Crippen LogP contribution in [-0.2, 0) is 19.4 Å². The Morgan fingerprint density at radius 3 is 3.06 bits per heavy atom. The van der Waals surface area contributed by atoms with Crippen LogP contribution in [0.4, 0.5) is 0 Å². The topological polar surface area (TPSA) is 24.9 Å². The Hall–Kier alpha value is -0.710.